The van der Waals surface area contributed by atoms with Gasteiger partial charge in [-0.2, -0.15) is 0 Å². The molecule has 160 valence electrons. The van der Waals surface area contributed by atoms with Gasteiger partial charge in [0.1, 0.15) is 28.6 Å². The Morgan fingerprint density at radius 1 is 1.06 bits per heavy atom. The van der Waals surface area contributed by atoms with Gasteiger partial charge in [-0.05, 0) is 75.6 Å². The Hall–Kier alpha value is -3.71. The molecule has 1 heterocycles. The molecule has 0 spiro atoms. The van der Waals surface area contributed by atoms with Gasteiger partial charge in [-0.25, -0.2) is 9.18 Å². The fourth-order valence-corrected chi connectivity index (χ4v) is 3.53. The van der Waals surface area contributed by atoms with Crippen LogP contribution in [0.4, 0.5) is 4.39 Å². The quantitative estimate of drug-likeness (QED) is 0.286. The molecule has 3 aromatic carbocycles. The molecule has 1 aliphatic rings. The standard InChI is InChI=1S/C25H16BrFO5/c1-31-18-9-2-14(3-10-18)12-21-22(15-4-7-17(28)8-5-15)23(25(30)32-21)24(29)16-6-11-19(26)20(27)13-16/h2-13,28H,1H3/b21-12-. The molecule has 0 unspecified atom stereocenters. The van der Waals surface area contributed by atoms with Crippen LogP contribution in [-0.2, 0) is 9.53 Å². The maximum absolute atomic E-state index is 14.0. The Morgan fingerprint density at radius 2 is 1.75 bits per heavy atom. The second-order valence-corrected chi connectivity index (χ2v) is 7.78. The molecule has 5 nitrogen and oxygen atoms in total. The van der Waals surface area contributed by atoms with Crippen molar-refractivity contribution in [2.75, 3.05) is 7.11 Å². The third-order valence-electron chi connectivity index (χ3n) is 4.88. The van der Waals surface area contributed by atoms with Gasteiger partial charge in [0.2, 0.25) is 5.78 Å². The minimum Gasteiger partial charge on any atom is -0.508 e. The second-order valence-electron chi connectivity index (χ2n) is 6.93. The van der Waals surface area contributed by atoms with E-state index in [9.17, 15) is 19.1 Å². The highest BCUT2D eigenvalue weighted by molar-refractivity contribution is 9.10. The van der Waals surface area contributed by atoms with Crippen molar-refractivity contribution in [2.24, 2.45) is 0 Å². The van der Waals surface area contributed by atoms with Gasteiger partial charge in [0.15, 0.2) is 0 Å². The molecule has 7 heteroatoms. The number of carbonyl (C=O) groups excluding carboxylic acids is 2. The molecule has 1 N–H and O–H groups in total. The van der Waals surface area contributed by atoms with Crippen LogP contribution in [0.5, 0.6) is 11.5 Å². The zero-order valence-electron chi connectivity index (χ0n) is 16.8. The number of hydrogen-bond acceptors (Lipinski definition) is 5. The van der Waals surface area contributed by atoms with E-state index < -0.39 is 17.6 Å². The Morgan fingerprint density at radius 3 is 2.38 bits per heavy atom. The van der Waals surface area contributed by atoms with Gasteiger partial charge >= 0.3 is 5.97 Å². The lowest BCUT2D eigenvalue weighted by molar-refractivity contribution is -0.132. The zero-order chi connectivity index (χ0) is 22.8. The van der Waals surface area contributed by atoms with Crippen molar-refractivity contribution in [3.8, 4) is 11.5 Å². The van der Waals surface area contributed by atoms with E-state index in [0.29, 0.717) is 16.9 Å². The van der Waals surface area contributed by atoms with Crippen LogP contribution in [0.15, 0.2) is 82.5 Å². The second kappa shape index (κ2) is 8.80. The number of methoxy groups -OCH3 is 1. The molecule has 32 heavy (non-hydrogen) atoms. The predicted octanol–water partition coefficient (Wildman–Crippen LogP) is 5.54. The molecule has 0 aliphatic carbocycles. The number of phenols is 1. The van der Waals surface area contributed by atoms with Crippen molar-refractivity contribution in [2.45, 2.75) is 0 Å². The number of phenolic OH excluding ortho intramolecular Hbond substituents is 1. The van der Waals surface area contributed by atoms with E-state index in [1.807, 2.05) is 0 Å². The molecule has 1 aliphatic heterocycles. The molecular weight excluding hydrogens is 479 g/mol. The van der Waals surface area contributed by atoms with Crippen molar-refractivity contribution in [3.63, 3.8) is 0 Å². The summed E-state index contributed by atoms with van der Waals surface area (Å²) in [4.78, 5) is 26.0. The van der Waals surface area contributed by atoms with E-state index in [1.165, 1.54) is 24.3 Å². The number of hydrogen-bond donors (Lipinski definition) is 1. The number of rotatable bonds is 5. The molecular formula is C25H16BrFO5. The number of benzene rings is 3. The van der Waals surface area contributed by atoms with Crippen LogP contribution in [0, 0.1) is 5.82 Å². The number of allylic oxidation sites excluding steroid dienone is 1. The number of esters is 1. The fourth-order valence-electron chi connectivity index (χ4n) is 3.28. The first-order valence-electron chi connectivity index (χ1n) is 9.49. The first kappa shape index (κ1) is 21.5. The van der Waals surface area contributed by atoms with Gasteiger partial charge < -0.3 is 14.6 Å². The average Bonchev–Trinajstić information content (AvgIpc) is 3.11. The summed E-state index contributed by atoms with van der Waals surface area (Å²) < 4.78 is 24.9. The summed E-state index contributed by atoms with van der Waals surface area (Å²) in [6, 6.07) is 17.0. The zero-order valence-corrected chi connectivity index (χ0v) is 18.4. The third-order valence-corrected chi connectivity index (χ3v) is 5.52. The van der Waals surface area contributed by atoms with E-state index in [4.69, 9.17) is 9.47 Å². The highest BCUT2D eigenvalue weighted by atomic mass is 79.9. The highest BCUT2D eigenvalue weighted by Crippen LogP contribution is 2.38. The van der Waals surface area contributed by atoms with E-state index in [1.54, 1.807) is 49.6 Å². The molecule has 0 amide bonds. The van der Waals surface area contributed by atoms with Gasteiger partial charge in [-0.1, -0.05) is 24.3 Å². The molecule has 0 saturated heterocycles. The van der Waals surface area contributed by atoms with Crippen molar-refractivity contribution in [1.29, 1.82) is 0 Å². The van der Waals surface area contributed by atoms with Crippen molar-refractivity contribution in [3.05, 3.63) is 105 Å². The maximum Gasteiger partial charge on any atom is 0.348 e. The molecule has 0 saturated carbocycles. The van der Waals surface area contributed by atoms with Crippen LogP contribution in [0.3, 0.4) is 0 Å². The minimum absolute atomic E-state index is 0.0135. The third kappa shape index (κ3) is 4.20. The van der Waals surface area contributed by atoms with E-state index in [-0.39, 0.29) is 32.7 Å². The monoisotopic (exact) mass is 494 g/mol. The average molecular weight is 495 g/mol. The van der Waals surface area contributed by atoms with Crippen LogP contribution in [-0.4, -0.2) is 24.0 Å². The largest absolute Gasteiger partial charge is 0.508 e. The van der Waals surface area contributed by atoms with E-state index in [0.717, 1.165) is 6.07 Å². The molecule has 3 aromatic rings. The van der Waals surface area contributed by atoms with E-state index >= 15 is 0 Å². The molecule has 0 atom stereocenters. The first-order chi connectivity index (χ1) is 15.4. The number of Topliss-reactive ketones (excluding diaryl/α,β-unsaturated/α-hetero) is 1. The number of ether oxygens (including phenoxy) is 2. The van der Waals surface area contributed by atoms with Crippen molar-refractivity contribution >= 4 is 39.3 Å². The maximum atomic E-state index is 14.0. The van der Waals surface area contributed by atoms with Crippen LogP contribution >= 0.6 is 15.9 Å². The van der Waals surface area contributed by atoms with Crippen LogP contribution < -0.4 is 4.74 Å². The summed E-state index contributed by atoms with van der Waals surface area (Å²) >= 11 is 3.05. The first-order valence-corrected chi connectivity index (χ1v) is 10.3. The molecule has 0 bridgehead atoms. The SMILES string of the molecule is COc1ccc(/C=C2\OC(=O)C(C(=O)c3ccc(Br)c(F)c3)=C2c2ccc(O)cc2)cc1. The number of cyclic esters (lactones) is 1. The topological polar surface area (TPSA) is 72.8 Å². The van der Waals surface area contributed by atoms with Crippen LogP contribution in [0.25, 0.3) is 11.6 Å². The van der Waals surface area contributed by atoms with Crippen molar-refractivity contribution < 1.29 is 28.6 Å². The summed E-state index contributed by atoms with van der Waals surface area (Å²) in [5.41, 5.74) is 1.28. The smallest absolute Gasteiger partial charge is 0.348 e. The van der Waals surface area contributed by atoms with Gasteiger partial charge in [0, 0.05) is 11.1 Å². The van der Waals surface area contributed by atoms with Crippen molar-refractivity contribution in [1.82, 2.24) is 0 Å². The minimum atomic E-state index is -0.832. The summed E-state index contributed by atoms with van der Waals surface area (Å²) in [6.07, 6.45) is 1.63. The van der Waals surface area contributed by atoms with E-state index in [2.05, 4.69) is 15.9 Å². The Labute approximate surface area is 191 Å². The van der Waals surface area contributed by atoms with Gasteiger partial charge in [0.25, 0.3) is 0 Å². The highest BCUT2D eigenvalue weighted by Gasteiger charge is 2.36. The molecule has 4 rings (SSSR count). The molecule has 0 aromatic heterocycles. The number of ketones is 1. The Kier molecular flexibility index (Phi) is 5.92. The van der Waals surface area contributed by atoms with Gasteiger partial charge in [-0.3, -0.25) is 4.79 Å². The lowest BCUT2D eigenvalue weighted by Gasteiger charge is -2.07. The van der Waals surface area contributed by atoms with Gasteiger partial charge in [-0.15, -0.1) is 0 Å². The summed E-state index contributed by atoms with van der Waals surface area (Å²) in [7, 11) is 1.56. The Balaban J connectivity index is 1.87. The number of carbonyl (C=O) groups is 2. The predicted molar refractivity (Wildman–Crippen MR) is 121 cm³/mol. The summed E-state index contributed by atoms with van der Waals surface area (Å²) in [5, 5.41) is 9.66. The molecule has 0 fully saturated rings. The number of aromatic hydroxyl groups is 1. The fraction of sp³-hybridized carbons (Fsp3) is 0.0400. The lowest BCUT2D eigenvalue weighted by atomic mass is 9.93. The Bertz CT molecular complexity index is 1270. The summed E-state index contributed by atoms with van der Waals surface area (Å²) in [6.45, 7) is 0. The number of halogens is 2. The van der Waals surface area contributed by atoms with Crippen LogP contribution in [0.1, 0.15) is 21.5 Å². The lowest BCUT2D eigenvalue weighted by Crippen LogP contribution is -2.11. The molecule has 0 radical (unpaired) electrons. The summed E-state index contributed by atoms with van der Waals surface area (Å²) in [5.74, 6) is -1.25. The van der Waals surface area contributed by atoms with Crippen LogP contribution in [0.2, 0.25) is 0 Å². The van der Waals surface area contributed by atoms with Gasteiger partial charge in [0.05, 0.1) is 11.6 Å². The normalized spacial score (nSPS) is 14.6.